The second kappa shape index (κ2) is 13.8. The molecule has 0 bridgehead atoms. The molecule has 0 radical (unpaired) electrons. The van der Waals surface area contributed by atoms with Gasteiger partial charge in [0.05, 0.1) is 0 Å². The molecule has 0 spiro atoms. The van der Waals surface area contributed by atoms with Crippen LogP contribution in [0, 0.1) is 17.6 Å². The molecular formula is C35H45F2N3. The van der Waals surface area contributed by atoms with Gasteiger partial charge in [-0.3, -0.25) is 0 Å². The molecule has 3 aromatic rings. The summed E-state index contributed by atoms with van der Waals surface area (Å²) in [5.74, 6) is 0.825. The fourth-order valence-corrected chi connectivity index (χ4v) is 6.73. The first-order valence-corrected chi connectivity index (χ1v) is 15.2. The molecule has 0 N–H and O–H groups in total. The van der Waals surface area contributed by atoms with Crippen LogP contribution in [-0.4, -0.2) is 73.1 Å². The van der Waals surface area contributed by atoms with Crippen LogP contribution in [0.3, 0.4) is 0 Å². The first kappa shape index (κ1) is 28.9. The maximum Gasteiger partial charge on any atom is 0.127 e. The minimum atomic E-state index is -0.156. The Bertz CT molecular complexity index is 1180. The van der Waals surface area contributed by atoms with Crippen molar-refractivity contribution in [1.82, 2.24) is 14.7 Å². The van der Waals surface area contributed by atoms with E-state index in [9.17, 15) is 8.78 Å². The van der Waals surface area contributed by atoms with Crippen LogP contribution in [0.5, 0.6) is 0 Å². The lowest BCUT2D eigenvalue weighted by molar-refractivity contribution is 0.0968. The van der Waals surface area contributed by atoms with Crippen LogP contribution in [0.15, 0.2) is 72.8 Å². The van der Waals surface area contributed by atoms with Crippen molar-refractivity contribution in [3.63, 3.8) is 0 Å². The molecule has 5 heteroatoms. The van der Waals surface area contributed by atoms with Crippen molar-refractivity contribution in [1.29, 1.82) is 0 Å². The molecule has 3 nitrogen and oxygen atoms in total. The topological polar surface area (TPSA) is 9.72 Å². The minimum Gasteiger partial charge on any atom is -0.301 e. The fourth-order valence-electron chi connectivity index (χ4n) is 6.73. The summed E-state index contributed by atoms with van der Waals surface area (Å²) in [4.78, 5) is 7.73. The summed E-state index contributed by atoms with van der Waals surface area (Å²) in [5.41, 5.74) is 4.21. The van der Waals surface area contributed by atoms with Gasteiger partial charge in [0.2, 0.25) is 0 Å². The molecular weight excluding hydrogens is 500 g/mol. The molecule has 0 saturated carbocycles. The highest BCUT2D eigenvalue weighted by molar-refractivity contribution is 5.67. The van der Waals surface area contributed by atoms with Crippen molar-refractivity contribution in [2.45, 2.75) is 51.5 Å². The number of nitrogens with zero attached hydrogens (tertiary/aromatic N) is 3. The molecule has 40 heavy (non-hydrogen) atoms. The predicted molar refractivity (Wildman–Crippen MR) is 162 cm³/mol. The molecule has 0 aromatic heterocycles. The molecule has 0 amide bonds. The Balaban J connectivity index is 1.14. The van der Waals surface area contributed by atoms with Gasteiger partial charge in [0, 0.05) is 38.8 Å². The first-order chi connectivity index (χ1) is 19.5. The number of piperidine rings is 1. The Morgan fingerprint density at radius 3 is 2.10 bits per heavy atom. The maximum absolute atomic E-state index is 14.8. The van der Waals surface area contributed by atoms with Gasteiger partial charge in [0.25, 0.3) is 0 Å². The van der Waals surface area contributed by atoms with E-state index >= 15 is 0 Å². The Hall–Kier alpha value is -2.60. The highest BCUT2D eigenvalue weighted by Crippen LogP contribution is 2.34. The van der Waals surface area contributed by atoms with E-state index in [1.807, 2.05) is 42.5 Å². The van der Waals surface area contributed by atoms with E-state index in [0.717, 1.165) is 81.9 Å². The van der Waals surface area contributed by atoms with E-state index in [2.05, 4.69) is 40.7 Å². The predicted octanol–water partition coefficient (Wildman–Crippen LogP) is 7.09. The summed E-state index contributed by atoms with van der Waals surface area (Å²) in [7, 11) is 0. The summed E-state index contributed by atoms with van der Waals surface area (Å²) >= 11 is 0. The molecule has 2 aliphatic heterocycles. The van der Waals surface area contributed by atoms with Crippen molar-refractivity contribution in [2.75, 3.05) is 52.4 Å². The Labute approximate surface area is 239 Å². The number of piperazine rings is 1. The average molecular weight is 546 g/mol. The zero-order valence-corrected chi connectivity index (χ0v) is 24.2. The van der Waals surface area contributed by atoms with Gasteiger partial charge in [0.15, 0.2) is 0 Å². The first-order valence-electron chi connectivity index (χ1n) is 15.2. The lowest BCUT2D eigenvalue weighted by Gasteiger charge is -2.41. The van der Waals surface area contributed by atoms with Gasteiger partial charge < -0.3 is 14.7 Å². The lowest BCUT2D eigenvalue weighted by atomic mass is 9.79. The van der Waals surface area contributed by atoms with E-state index in [-0.39, 0.29) is 11.6 Å². The second-order valence-electron chi connectivity index (χ2n) is 12.0. The third-order valence-corrected chi connectivity index (χ3v) is 9.20. The van der Waals surface area contributed by atoms with E-state index < -0.39 is 0 Å². The third kappa shape index (κ3) is 7.37. The van der Waals surface area contributed by atoms with Crippen LogP contribution in [-0.2, 0) is 6.42 Å². The van der Waals surface area contributed by atoms with Gasteiger partial charge in [0.1, 0.15) is 11.6 Å². The Morgan fingerprint density at radius 2 is 1.43 bits per heavy atom. The smallest absolute Gasteiger partial charge is 0.127 e. The normalized spacial score (nSPS) is 18.8. The van der Waals surface area contributed by atoms with Crippen LogP contribution in [0.2, 0.25) is 0 Å². The molecule has 2 heterocycles. The standard InChI is InChI=1S/C35H45F2N3/c1-27(2)40-20-17-30(18-21-40)34(29-13-15-31(36)16-14-29)26-39-24-22-38(23-25-39)19-7-11-33-32(10-6-12-35(33)37)28-8-4-3-5-9-28/h3-6,8-10,12-16,27,30,34H,7,11,17-26H2,1-2H3. The van der Waals surface area contributed by atoms with Crippen molar-refractivity contribution < 1.29 is 8.78 Å². The minimum absolute atomic E-state index is 0.0998. The summed E-state index contributed by atoms with van der Waals surface area (Å²) in [5, 5.41) is 0. The Kier molecular flexibility index (Phi) is 10.0. The molecule has 2 aliphatic rings. The number of benzene rings is 3. The highest BCUT2D eigenvalue weighted by Gasteiger charge is 2.31. The second-order valence-corrected chi connectivity index (χ2v) is 12.0. The summed E-state index contributed by atoms with van der Waals surface area (Å²) in [6.07, 6.45) is 4.12. The monoisotopic (exact) mass is 545 g/mol. The van der Waals surface area contributed by atoms with E-state index in [1.165, 1.54) is 18.4 Å². The van der Waals surface area contributed by atoms with Crippen molar-refractivity contribution >= 4 is 0 Å². The number of hydrogen-bond acceptors (Lipinski definition) is 3. The van der Waals surface area contributed by atoms with E-state index in [0.29, 0.717) is 17.9 Å². The largest absolute Gasteiger partial charge is 0.301 e. The Morgan fingerprint density at radius 1 is 0.750 bits per heavy atom. The number of likely N-dealkylation sites (tertiary alicyclic amines) is 1. The van der Waals surface area contributed by atoms with E-state index in [1.54, 1.807) is 18.2 Å². The molecule has 2 fully saturated rings. The molecule has 5 rings (SSSR count). The number of rotatable bonds is 10. The van der Waals surface area contributed by atoms with Crippen LogP contribution < -0.4 is 0 Å². The SMILES string of the molecule is CC(C)N1CCC(C(CN2CCN(CCCc3c(F)cccc3-c3ccccc3)CC2)c2ccc(F)cc2)CC1. The van der Waals surface area contributed by atoms with Gasteiger partial charge in [-0.2, -0.15) is 0 Å². The van der Waals surface area contributed by atoms with Gasteiger partial charge in [-0.25, -0.2) is 8.78 Å². The van der Waals surface area contributed by atoms with Crippen molar-refractivity contribution in [2.24, 2.45) is 5.92 Å². The molecule has 1 atom stereocenters. The zero-order chi connectivity index (χ0) is 27.9. The third-order valence-electron chi connectivity index (χ3n) is 9.20. The molecule has 3 aromatic carbocycles. The van der Waals surface area contributed by atoms with Crippen molar-refractivity contribution in [3.05, 3.63) is 95.6 Å². The maximum atomic E-state index is 14.8. The number of hydrogen-bond donors (Lipinski definition) is 0. The van der Waals surface area contributed by atoms with Gasteiger partial charge in [-0.05, 0) is 111 Å². The van der Waals surface area contributed by atoms with E-state index in [4.69, 9.17) is 0 Å². The van der Waals surface area contributed by atoms with Gasteiger partial charge in [-0.1, -0.05) is 54.6 Å². The van der Waals surface area contributed by atoms with Crippen molar-refractivity contribution in [3.8, 4) is 11.1 Å². The summed E-state index contributed by atoms with van der Waals surface area (Å²) in [6.45, 7) is 13.1. The molecule has 0 aliphatic carbocycles. The molecule has 1 unspecified atom stereocenters. The van der Waals surface area contributed by atoms with Gasteiger partial charge in [-0.15, -0.1) is 0 Å². The quantitative estimate of drug-likeness (QED) is 0.269. The van der Waals surface area contributed by atoms with Crippen LogP contribution in [0.25, 0.3) is 11.1 Å². The number of halogens is 2. The van der Waals surface area contributed by atoms with Gasteiger partial charge >= 0.3 is 0 Å². The summed E-state index contributed by atoms with van der Waals surface area (Å²) in [6, 6.07) is 23.5. The van der Waals surface area contributed by atoms with Crippen LogP contribution in [0.1, 0.15) is 50.2 Å². The fraction of sp³-hybridized carbons (Fsp3) is 0.486. The molecule has 214 valence electrons. The lowest BCUT2D eigenvalue weighted by Crippen LogP contribution is -2.49. The highest BCUT2D eigenvalue weighted by atomic mass is 19.1. The molecule has 2 saturated heterocycles. The van der Waals surface area contributed by atoms with Crippen LogP contribution in [0.4, 0.5) is 8.78 Å². The zero-order valence-electron chi connectivity index (χ0n) is 24.2. The van der Waals surface area contributed by atoms with Crippen LogP contribution >= 0.6 is 0 Å². The average Bonchev–Trinajstić information content (AvgIpc) is 2.98. The summed E-state index contributed by atoms with van der Waals surface area (Å²) < 4.78 is 28.5.